The first-order chi connectivity index (χ1) is 14.2. The zero-order chi connectivity index (χ0) is 21.6. The van der Waals surface area contributed by atoms with Crippen LogP contribution in [0.15, 0.2) is 40.8 Å². The number of fused-ring (bicyclic) bond motifs is 3. The van der Waals surface area contributed by atoms with Gasteiger partial charge in [0, 0.05) is 22.0 Å². The third kappa shape index (κ3) is 3.37. The Morgan fingerprint density at radius 3 is 2.60 bits per heavy atom. The molecule has 6 heteroatoms. The number of nitrogens with one attached hydrogen (secondary N) is 1. The molecule has 4 rings (SSSR count). The first-order valence-corrected chi connectivity index (χ1v) is 10.5. The summed E-state index contributed by atoms with van der Waals surface area (Å²) in [6.45, 7) is 7.64. The second kappa shape index (κ2) is 7.47. The van der Waals surface area contributed by atoms with E-state index in [1.165, 1.54) is 0 Å². The summed E-state index contributed by atoms with van der Waals surface area (Å²) in [7, 11) is 0. The van der Waals surface area contributed by atoms with Gasteiger partial charge in [-0.1, -0.05) is 30.7 Å². The first kappa shape index (κ1) is 20.5. The molecule has 30 heavy (non-hydrogen) atoms. The highest BCUT2D eigenvalue weighted by Gasteiger charge is 2.40. The predicted molar refractivity (Wildman–Crippen MR) is 117 cm³/mol. The Bertz CT molecular complexity index is 1150. The molecule has 2 heterocycles. The highest BCUT2D eigenvalue weighted by molar-refractivity contribution is 6.30. The van der Waals surface area contributed by atoms with E-state index in [1.54, 1.807) is 31.2 Å². The molecule has 2 unspecified atom stereocenters. The topological polar surface area (TPSA) is 68.5 Å². The average Bonchev–Trinajstić information content (AvgIpc) is 3.04. The number of ether oxygens (including phenoxy) is 1. The van der Waals surface area contributed by atoms with E-state index in [-0.39, 0.29) is 29.9 Å². The first-order valence-electron chi connectivity index (χ1n) is 10.1. The molecule has 1 aliphatic rings. The Balaban J connectivity index is 1.78. The van der Waals surface area contributed by atoms with Crippen molar-refractivity contribution < 1.29 is 18.7 Å². The molecule has 1 aromatic heterocycles. The maximum atomic E-state index is 13.3. The second-order valence-corrected chi connectivity index (χ2v) is 8.53. The summed E-state index contributed by atoms with van der Waals surface area (Å²) in [4.78, 5) is 25.9. The summed E-state index contributed by atoms with van der Waals surface area (Å²) in [6.07, 6.45) is 0.996. The molecule has 0 aliphatic carbocycles. The summed E-state index contributed by atoms with van der Waals surface area (Å²) < 4.78 is 12.2. The Hall–Kier alpha value is -2.79. The number of benzene rings is 2. The van der Waals surface area contributed by atoms with E-state index in [2.05, 4.69) is 5.32 Å². The van der Waals surface area contributed by atoms with Crippen molar-refractivity contribution in [2.24, 2.45) is 0 Å². The largest absolute Gasteiger partial charge is 0.482 e. The molecule has 0 saturated heterocycles. The molecule has 1 amide bonds. The highest BCUT2D eigenvalue weighted by Crippen LogP contribution is 2.44. The van der Waals surface area contributed by atoms with E-state index in [0.29, 0.717) is 32.9 Å². The number of hydrogen-bond donors (Lipinski definition) is 1. The number of hydrogen-bond acceptors (Lipinski definition) is 4. The number of rotatable bonds is 4. The Morgan fingerprint density at radius 2 is 1.93 bits per heavy atom. The smallest absolute Gasteiger partial charge is 0.287 e. The summed E-state index contributed by atoms with van der Waals surface area (Å²) in [6, 6.07) is 10.8. The van der Waals surface area contributed by atoms with Crippen LogP contribution < -0.4 is 10.1 Å². The monoisotopic (exact) mass is 425 g/mol. The van der Waals surface area contributed by atoms with E-state index >= 15 is 0 Å². The predicted octanol–water partition coefficient (Wildman–Crippen LogP) is 5.80. The van der Waals surface area contributed by atoms with E-state index < -0.39 is 5.60 Å². The van der Waals surface area contributed by atoms with E-state index in [9.17, 15) is 9.59 Å². The molecule has 1 aliphatic heterocycles. The van der Waals surface area contributed by atoms with Crippen molar-refractivity contribution >= 4 is 34.3 Å². The van der Waals surface area contributed by atoms with Gasteiger partial charge in [0.2, 0.25) is 0 Å². The molecule has 156 valence electrons. The van der Waals surface area contributed by atoms with Crippen molar-refractivity contribution in [3.05, 3.63) is 63.9 Å². The maximum Gasteiger partial charge on any atom is 0.287 e. The maximum absolute atomic E-state index is 13.3. The van der Waals surface area contributed by atoms with Crippen molar-refractivity contribution in [2.75, 3.05) is 0 Å². The summed E-state index contributed by atoms with van der Waals surface area (Å²) in [5.74, 6) is 0.408. The number of ketones is 1. The number of Topliss-reactive ketones (excluding diaryl/α,β-unsaturated/α-hetero) is 1. The zero-order valence-corrected chi connectivity index (χ0v) is 18.2. The molecule has 5 nitrogen and oxygen atoms in total. The van der Waals surface area contributed by atoms with Crippen LogP contribution in [0, 0.1) is 6.92 Å². The molecule has 1 N–H and O–H groups in total. The van der Waals surface area contributed by atoms with E-state index in [0.717, 1.165) is 12.0 Å². The Labute approximate surface area is 180 Å². The van der Waals surface area contributed by atoms with Crippen molar-refractivity contribution in [1.29, 1.82) is 0 Å². The lowest BCUT2D eigenvalue weighted by Crippen LogP contribution is -2.36. The molecule has 2 atom stereocenters. The third-order valence-corrected chi connectivity index (χ3v) is 6.07. The SMILES string of the molecule is CCC(C)NC(=O)c1oc2ccc3c(c2c1C)C(=O)CC(C)(c1ccc(Cl)cc1)O3. The molecule has 3 aromatic rings. The van der Waals surface area contributed by atoms with Gasteiger partial charge < -0.3 is 14.5 Å². The number of carbonyl (C=O) groups excluding carboxylic acids is 2. The lowest BCUT2D eigenvalue weighted by atomic mass is 9.84. The fourth-order valence-electron chi connectivity index (χ4n) is 3.93. The number of halogens is 1. The number of furan rings is 1. The van der Waals surface area contributed by atoms with Gasteiger partial charge in [-0.2, -0.15) is 0 Å². The summed E-state index contributed by atoms with van der Waals surface area (Å²) >= 11 is 6.01. The van der Waals surface area contributed by atoms with Crippen LogP contribution in [0.4, 0.5) is 0 Å². The van der Waals surface area contributed by atoms with Crippen LogP contribution in [0.2, 0.25) is 5.02 Å². The van der Waals surface area contributed by atoms with Gasteiger partial charge in [0.15, 0.2) is 11.5 Å². The zero-order valence-electron chi connectivity index (χ0n) is 17.5. The van der Waals surface area contributed by atoms with Crippen molar-refractivity contribution in [2.45, 2.75) is 52.2 Å². The van der Waals surface area contributed by atoms with Gasteiger partial charge in [-0.25, -0.2) is 0 Å². The van der Waals surface area contributed by atoms with Gasteiger partial charge in [-0.3, -0.25) is 9.59 Å². The molecular weight excluding hydrogens is 402 g/mol. The van der Waals surface area contributed by atoms with Crippen LogP contribution in [0.5, 0.6) is 5.75 Å². The Morgan fingerprint density at radius 1 is 1.23 bits per heavy atom. The van der Waals surface area contributed by atoms with Crippen LogP contribution in [-0.4, -0.2) is 17.7 Å². The quantitative estimate of drug-likeness (QED) is 0.573. The van der Waals surface area contributed by atoms with Crippen LogP contribution >= 0.6 is 11.6 Å². The average molecular weight is 426 g/mol. The highest BCUT2D eigenvalue weighted by atomic mass is 35.5. The van der Waals surface area contributed by atoms with Gasteiger partial charge in [0.05, 0.1) is 12.0 Å². The molecule has 0 bridgehead atoms. The molecule has 0 spiro atoms. The van der Waals surface area contributed by atoms with Gasteiger partial charge in [0.1, 0.15) is 16.9 Å². The molecule has 0 saturated carbocycles. The third-order valence-electron chi connectivity index (χ3n) is 5.82. The fraction of sp³-hybridized carbons (Fsp3) is 0.333. The standard InChI is InChI=1S/C24H24ClNO4/c1-5-13(2)26-23(28)22-14(3)20-18(29-22)10-11-19-21(20)17(27)12-24(4,30-19)15-6-8-16(25)9-7-15/h6-11,13H,5,12H2,1-4H3,(H,26,28). The molecule has 2 aromatic carbocycles. The minimum atomic E-state index is -0.795. The normalized spacial score (nSPS) is 19.3. The molecular formula is C24H24ClNO4. The van der Waals surface area contributed by atoms with E-state index in [4.69, 9.17) is 20.8 Å². The van der Waals surface area contributed by atoms with Crippen molar-refractivity contribution in [3.63, 3.8) is 0 Å². The van der Waals surface area contributed by atoms with Crippen LogP contribution in [0.25, 0.3) is 11.0 Å². The van der Waals surface area contributed by atoms with Crippen LogP contribution in [-0.2, 0) is 5.60 Å². The summed E-state index contributed by atoms with van der Waals surface area (Å²) in [5.41, 5.74) is 1.71. The minimum absolute atomic E-state index is 0.0316. The molecule has 0 fully saturated rings. The fourth-order valence-corrected chi connectivity index (χ4v) is 4.05. The lowest BCUT2D eigenvalue weighted by Gasteiger charge is -2.35. The number of aryl methyl sites for hydroxylation is 1. The number of carbonyl (C=O) groups is 2. The minimum Gasteiger partial charge on any atom is -0.482 e. The lowest BCUT2D eigenvalue weighted by molar-refractivity contribution is 0.0507. The van der Waals surface area contributed by atoms with Gasteiger partial charge >= 0.3 is 0 Å². The second-order valence-electron chi connectivity index (χ2n) is 8.09. The van der Waals surface area contributed by atoms with Gasteiger partial charge in [-0.15, -0.1) is 0 Å². The van der Waals surface area contributed by atoms with Crippen LogP contribution in [0.1, 0.15) is 65.7 Å². The van der Waals surface area contributed by atoms with E-state index in [1.807, 2.05) is 32.9 Å². The Kier molecular flexibility index (Phi) is 5.10. The van der Waals surface area contributed by atoms with Crippen molar-refractivity contribution in [3.8, 4) is 5.75 Å². The number of amides is 1. The van der Waals surface area contributed by atoms with Gasteiger partial charge in [0.25, 0.3) is 5.91 Å². The van der Waals surface area contributed by atoms with Gasteiger partial charge in [-0.05, 0) is 57.0 Å². The molecule has 0 radical (unpaired) electrons. The van der Waals surface area contributed by atoms with Crippen molar-refractivity contribution in [1.82, 2.24) is 5.32 Å². The summed E-state index contributed by atoms with van der Waals surface area (Å²) in [5, 5.41) is 4.19. The van der Waals surface area contributed by atoms with Crippen LogP contribution in [0.3, 0.4) is 0 Å².